The maximum Gasteiger partial charge on any atom is 0.328 e. The third-order valence-corrected chi connectivity index (χ3v) is 3.80. The molecule has 0 radical (unpaired) electrons. The lowest BCUT2D eigenvalue weighted by atomic mass is 10.1. The Balaban J connectivity index is 1.60. The van der Waals surface area contributed by atoms with E-state index in [1.54, 1.807) is 11.0 Å². The van der Waals surface area contributed by atoms with Crippen LogP contribution in [-0.2, 0) is 0 Å². The molecule has 0 saturated carbocycles. The number of piperidine rings is 1. The first kappa shape index (κ1) is 14.6. The minimum atomic E-state index is -0.322. The standard InChI is InChI=1S/C14H19N5O3/c1-10-4-5-12(17-16-10)22-11-3-2-7-18(9-11)14(21)19-8-6-15-13(19)20/h4-5,11H,2-3,6-9H2,1H3,(H,15,20). The van der Waals surface area contributed by atoms with E-state index in [0.717, 1.165) is 18.5 Å². The van der Waals surface area contributed by atoms with Gasteiger partial charge in [0.1, 0.15) is 6.10 Å². The van der Waals surface area contributed by atoms with Gasteiger partial charge in [-0.15, -0.1) is 5.10 Å². The molecule has 2 saturated heterocycles. The Morgan fingerprint density at radius 3 is 2.91 bits per heavy atom. The molecule has 1 unspecified atom stereocenters. The molecule has 8 heteroatoms. The molecular weight excluding hydrogens is 286 g/mol. The van der Waals surface area contributed by atoms with Crippen molar-refractivity contribution < 1.29 is 14.3 Å². The van der Waals surface area contributed by atoms with Gasteiger partial charge in [0.15, 0.2) is 0 Å². The molecule has 3 heterocycles. The summed E-state index contributed by atoms with van der Waals surface area (Å²) in [6.07, 6.45) is 1.57. The van der Waals surface area contributed by atoms with Crippen molar-refractivity contribution in [1.82, 2.24) is 25.3 Å². The molecule has 2 aliphatic heterocycles. The van der Waals surface area contributed by atoms with Crippen LogP contribution in [0.4, 0.5) is 9.59 Å². The predicted molar refractivity (Wildman–Crippen MR) is 77.5 cm³/mol. The Kier molecular flexibility index (Phi) is 4.08. The minimum absolute atomic E-state index is 0.125. The van der Waals surface area contributed by atoms with Gasteiger partial charge in [-0.1, -0.05) is 0 Å². The quantitative estimate of drug-likeness (QED) is 0.872. The fraction of sp³-hybridized carbons (Fsp3) is 0.571. The van der Waals surface area contributed by atoms with E-state index in [-0.39, 0.29) is 18.2 Å². The van der Waals surface area contributed by atoms with Gasteiger partial charge in [0.05, 0.1) is 12.2 Å². The van der Waals surface area contributed by atoms with Crippen LogP contribution in [0, 0.1) is 6.92 Å². The highest BCUT2D eigenvalue weighted by Gasteiger charge is 2.33. The van der Waals surface area contributed by atoms with Gasteiger partial charge in [-0.05, 0) is 25.8 Å². The average Bonchev–Trinajstić information content (AvgIpc) is 2.95. The van der Waals surface area contributed by atoms with Gasteiger partial charge in [0.25, 0.3) is 0 Å². The summed E-state index contributed by atoms with van der Waals surface area (Å²) in [4.78, 5) is 26.9. The SMILES string of the molecule is Cc1ccc(OC2CCCN(C(=O)N3CCNC3=O)C2)nn1. The van der Waals surface area contributed by atoms with Crippen LogP contribution in [0.15, 0.2) is 12.1 Å². The van der Waals surface area contributed by atoms with E-state index < -0.39 is 0 Å². The third kappa shape index (κ3) is 3.10. The van der Waals surface area contributed by atoms with Gasteiger partial charge in [-0.2, -0.15) is 5.10 Å². The van der Waals surface area contributed by atoms with Crippen molar-refractivity contribution in [2.75, 3.05) is 26.2 Å². The summed E-state index contributed by atoms with van der Waals surface area (Å²) in [7, 11) is 0. The second-order valence-corrected chi connectivity index (χ2v) is 5.51. The number of nitrogens with zero attached hydrogens (tertiary/aromatic N) is 4. The molecule has 4 amide bonds. The molecule has 0 spiro atoms. The second kappa shape index (κ2) is 6.17. The fourth-order valence-corrected chi connectivity index (χ4v) is 2.65. The number of imide groups is 1. The Morgan fingerprint density at radius 1 is 1.36 bits per heavy atom. The number of rotatable bonds is 2. The van der Waals surface area contributed by atoms with E-state index in [0.29, 0.717) is 32.1 Å². The number of hydrogen-bond donors (Lipinski definition) is 1. The number of carbonyl (C=O) groups is 2. The smallest absolute Gasteiger partial charge is 0.328 e. The highest BCUT2D eigenvalue weighted by atomic mass is 16.5. The Morgan fingerprint density at radius 2 is 2.23 bits per heavy atom. The van der Waals surface area contributed by atoms with Crippen molar-refractivity contribution in [3.63, 3.8) is 0 Å². The van der Waals surface area contributed by atoms with E-state index in [2.05, 4.69) is 15.5 Å². The third-order valence-electron chi connectivity index (χ3n) is 3.80. The van der Waals surface area contributed by atoms with Gasteiger partial charge in [-0.25, -0.2) is 14.5 Å². The maximum absolute atomic E-state index is 12.4. The van der Waals surface area contributed by atoms with Crippen molar-refractivity contribution in [1.29, 1.82) is 0 Å². The fourth-order valence-electron chi connectivity index (χ4n) is 2.65. The molecule has 2 fully saturated rings. The molecule has 1 atom stereocenters. The highest BCUT2D eigenvalue weighted by Crippen LogP contribution is 2.18. The monoisotopic (exact) mass is 305 g/mol. The highest BCUT2D eigenvalue weighted by molar-refractivity contribution is 5.95. The summed E-state index contributed by atoms with van der Waals surface area (Å²) in [5.74, 6) is 0.462. The van der Waals surface area contributed by atoms with Crippen molar-refractivity contribution in [3.8, 4) is 5.88 Å². The van der Waals surface area contributed by atoms with Crippen LogP contribution in [0.1, 0.15) is 18.5 Å². The number of likely N-dealkylation sites (tertiary alicyclic amines) is 1. The van der Waals surface area contributed by atoms with Crippen LogP contribution in [0.5, 0.6) is 5.88 Å². The van der Waals surface area contributed by atoms with Gasteiger partial charge in [0, 0.05) is 25.7 Å². The average molecular weight is 305 g/mol. The van der Waals surface area contributed by atoms with Crippen LogP contribution < -0.4 is 10.1 Å². The molecule has 2 aliphatic rings. The summed E-state index contributed by atoms with van der Waals surface area (Å²) < 4.78 is 5.79. The molecule has 8 nitrogen and oxygen atoms in total. The largest absolute Gasteiger partial charge is 0.471 e. The summed E-state index contributed by atoms with van der Waals surface area (Å²) in [6.45, 7) is 3.89. The van der Waals surface area contributed by atoms with Crippen molar-refractivity contribution in [3.05, 3.63) is 17.8 Å². The molecular formula is C14H19N5O3. The number of aromatic nitrogens is 2. The topological polar surface area (TPSA) is 87.7 Å². The Hall–Kier alpha value is -2.38. The second-order valence-electron chi connectivity index (χ2n) is 5.51. The molecule has 1 N–H and O–H groups in total. The lowest BCUT2D eigenvalue weighted by Gasteiger charge is -2.34. The first-order chi connectivity index (χ1) is 10.6. The van der Waals surface area contributed by atoms with E-state index >= 15 is 0 Å². The number of nitrogens with one attached hydrogen (secondary N) is 1. The van der Waals surface area contributed by atoms with Crippen LogP contribution in [0.3, 0.4) is 0 Å². The molecule has 0 aromatic carbocycles. The van der Waals surface area contributed by atoms with Gasteiger partial charge in [0.2, 0.25) is 5.88 Å². The molecule has 0 bridgehead atoms. The lowest BCUT2D eigenvalue weighted by molar-refractivity contribution is 0.0875. The summed E-state index contributed by atoms with van der Waals surface area (Å²) >= 11 is 0. The summed E-state index contributed by atoms with van der Waals surface area (Å²) in [5.41, 5.74) is 0.827. The van der Waals surface area contributed by atoms with Crippen molar-refractivity contribution in [2.45, 2.75) is 25.9 Å². The van der Waals surface area contributed by atoms with Crippen LogP contribution >= 0.6 is 0 Å². The first-order valence-corrected chi connectivity index (χ1v) is 7.45. The van der Waals surface area contributed by atoms with Crippen molar-refractivity contribution in [2.24, 2.45) is 0 Å². The van der Waals surface area contributed by atoms with Gasteiger partial charge < -0.3 is 15.0 Å². The normalized spacial score (nSPS) is 21.7. The van der Waals surface area contributed by atoms with Crippen molar-refractivity contribution >= 4 is 12.1 Å². The summed E-state index contributed by atoms with van der Waals surface area (Å²) in [5, 5.41) is 10.6. The molecule has 1 aromatic heterocycles. The zero-order chi connectivity index (χ0) is 15.5. The number of aryl methyl sites for hydroxylation is 1. The maximum atomic E-state index is 12.4. The predicted octanol–water partition coefficient (Wildman–Crippen LogP) is 0.773. The van der Waals surface area contributed by atoms with E-state index in [1.807, 2.05) is 13.0 Å². The number of urea groups is 2. The molecule has 118 valence electrons. The van der Waals surface area contributed by atoms with Gasteiger partial charge in [-0.3, -0.25) is 0 Å². The number of carbonyl (C=O) groups excluding carboxylic acids is 2. The van der Waals surface area contributed by atoms with Crippen LogP contribution in [0.2, 0.25) is 0 Å². The van der Waals surface area contributed by atoms with Crippen LogP contribution in [0.25, 0.3) is 0 Å². The molecule has 22 heavy (non-hydrogen) atoms. The number of ether oxygens (including phenoxy) is 1. The lowest BCUT2D eigenvalue weighted by Crippen LogP contribution is -2.50. The Bertz CT molecular complexity index is 562. The molecule has 3 rings (SSSR count). The first-order valence-electron chi connectivity index (χ1n) is 7.45. The van der Waals surface area contributed by atoms with E-state index in [9.17, 15) is 9.59 Å². The van der Waals surface area contributed by atoms with Gasteiger partial charge >= 0.3 is 12.1 Å². The minimum Gasteiger partial charge on any atom is -0.471 e. The number of hydrogen-bond acceptors (Lipinski definition) is 5. The zero-order valence-electron chi connectivity index (χ0n) is 12.5. The van der Waals surface area contributed by atoms with E-state index in [1.165, 1.54) is 4.90 Å². The molecule has 0 aliphatic carbocycles. The zero-order valence-corrected chi connectivity index (χ0v) is 12.5. The van der Waals surface area contributed by atoms with E-state index in [4.69, 9.17) is 4.74 Å². The molecule has 1 aromatic rings. The summed E-state index contributed by atoms with van der Waals surface area (Å²) in [6, 6.07) is 3.04. The Labute approximate surface area is 128 Å². The van der Waals surface area contributed by atoms with Crippen LogP contribution in [-0.4, -0.2) is 64.3 Å². The number of amides is 4.